The molecule has 0 aromatic carbocycles. The Bertz CT molecular complexity index is 54.9. The predicted molar refractivity (Wildman–Crippen MR) is 35.8 cm³/mol. The van der Waals surface area contributed by atoms with Crippen molar-refractivity contribution < 1.29 is 25.3 Å². The normalized spacial score (nSPS) is 11.4. The van der Waals surface area contributed by atoms with Crippen LogP contribution in [0, 0.1) is 0 Å². The van der Waals surface area contributed by atoms with Gasteiger partial charge in [0.1, 0.15) is 0 Å². The largest absolute Gasteiger partial charge is 0.631 e. The number of aliphatic hydroxyl groups excluding tert-OH is 2. The van der Waals surface area contributed by atoms with Gasteiger partial charge in [-0.05, 0) is 13.3 Å². The van der Waals surface area contributed by atoms with Crippen molar-refractivity contribution >= 4 is 7.32 Å². The zero-order valence-electron chi connectivity index (χ0n) is 5.80. The van der Waals surface area contributed by atoms with Crippen molar-refractivity contribution in [2.24, 2.45) is 0 Å². The van der Waals surface area contributed by atoms with Crippen molar-refractivity contribution in [1.82, 2.24) is 0 Å². The number of hydrogen-bond acceptors (Lipinski definition) is 5. The topological polar surface area (TPSA) is 101 Å². The van der Waals surface area contributed by atoms with Crippen LogP contribution in [0.3, 0.4) is 0 Å². The molecule has 0 aromatic rings. The van der Waals surface area contributed by atoms with E-state index in [1.165, 1.54) is 0 Å². The van der Waals surface area contributed by atoms with E-state index in [9.17, 15) is 0 Å². The van der Waals surface area contributed by atoms with Crippen LogP contribution in [0.15, 0.2) is 0 Å². The van der Waals surface area contributed by atoms with Gasteiger partial charge in [-0.1, -0.05) is 0 Å². The van der Waals surface area contributed by atoms with Crippen LogP contribution >= 0.6 is 0 Å². The molecular weight excluding hydrogens is 139 g/mol. The smallest absolute Gasteiger partial charge is 0.402 e. The molecule has 0 bridgehead atoms. The van der Waals surface area contributed by atoms with E-state index in [-0.39, 0.29) is 12.7 Å². The lowest BCUT2D eigenvalue weighted by molar-refractivity contribution is 0.148. The van der Waals surface area contributed by atoms with Gasteiger partial charge in [-0.3, -0.25) is 0 Å². The van der Waals surface area contributed by atoms with Crippen molar-refractivity contribution in [2.45, 2.75) is 19.4 Å². The summed E-state index contributed by atoms with van der Waals surface area (Å²) in [6.07, 6.45) is 0.134. The van der Waals surface area contributed by atoms with Crippen LogP contribution in [0.4, 0.5) is 0 Å². The highest BCUT2D eigenvalue weighted by Crippen LogP contribution is 1.83. The average molecular weight is 152 g/mol. The molecule has 0 amide bonds. The van der Waals surface area contributed by atoms with E-state index >= 15 is 0 Å². The predicted octanol–water partition coefficient (Wildman–Crippen LogP) is -2.30. The fourth-order valence-corrected chi connectivity index (χ4v) is 0.187. The molecule has 1 unspecified atom stereocenters. The molecule has 1 atom stereocenters. The first-order valence-electron chi connectivity index (χ1n) is 2.83. The number of aliphatic hydroxyl groups is 2. The van der Waals surface area contributed by atoms with Crippen molar-refractivity contribution in [3.8, 4) is 0 Å². The molecule has 0 heterocycles. The van der Waals surface area contributed by atoms with Gasteiger partial charge in [0.25, 0.3) is 0 Å². The summed E-state index contributed by atoms with van der Waals surface area (Å²) in [5, 5.41) is 38.0. The van der Waals surface area contributed by atoms with Crippen LogP contribution in [0.25, 0.3) is 0 Å². The summed E-state index contributed by atoms with van der Waals surface area (Å²) < 4.78 is 0. The molecule has 6 heteroatoms. The van der Waals surface area contributed by atoms with E-state index in [1.54, 1.807) is 6.92 Å². The SMILES string of the molecule is CC(O)CCO.OB(O)O. The summed E-state index contributed by atoms with van der Waals surface area (Å²) in [4.78, 5) is 0. The summed E-state index contributed by atoms with van der Waals surface area (Å²) in [7, 11) is -2.17. The minimum Gasteiger partial charge on any atom is -0.402 e. The van der Waals surface area contributed by atoms with E-state index in [0.29, 0.717) is 6.42 Å². The monoisotopic (exact) mass is 152 g/mol. The molecule has 5 nitrogen and oxygen atoms in total. The van der Waals surface area contributed by atoms with Gasteiger partial charge >= 0.3 is 7.32 Å². The maximum atomic E-state index is 8.39. The van der Waals surface area contributed by atoms with Gasteiger partial charge in [0.15, 0.2) is 0 Å². The molecule has 0 aliphatic heterocycles. The van der Waals surface area contributed by atoms with Gasteiger partial charge < -0.3 is 25.3 Å². The van der Waals surface area contributed by atoms with E-state index in [1.807, 2.05) is 0 Å². The highest BCUT2D eigenvalue weighted by atomic mass is 16.5. The first kappa shape index (κ1) is 12.5. The maximum Gasteiger partial charge on any atom is 0.631 e. The number of hydrogen-bond donors (Lipinski definition) is 5. The van der Waals surface area contributed by atoms with Gasteiger partial charge in [-0.25, -0.2) is 0 Å². The minimum absolute atomic E-state index is 0.0810. The molecule has 0 rings (SSSR count). The summed E-state index contributed by atoms with van der Waals surface area (Å²) in [5.41, 5.74) is 0. The quantitative estimate of drug-likeness (QED) is 0.286. The second-order valence-electron chi connectivity index (χ2n) is 1.71. The van der Waals surface area contributed by atoms with E-state index in [4.69, 9.17) is 25.3 Å². The summed E-state index contributed by atoms with van der Waals surface area (Å²) in [6, 6.07) is 0. The lowest BCUT2D eigenvalue weighted by atomic mass is 10.3. The Balaban J connectivity index is 0. The highest BCUT2D eigenvalue weighted by molar-refractivity contribution is 6.30. The highest BCUT2D eigenvalue weighted by Gasteiger charge is 1.92. The molecular formula is C4H13BO5. The molecule has 0 fully saturated rings. The van der Waals surface area contributed by atoms with Crippen molar-refractivity contribution in [3.63, 3.8) is 0 Å². The van der Waals surface area contributed by atoms with Gasteiger partial charge in [0.2, 0.25) is 0 Å². The lowest BCUT2D eigenvalue weighted by Gasteiger charge is -1.95. The van der Waals surface area contributed by atoms with Crippen molar-refractivity contribution in [2.75, 3.05) is 6.61 Å². The Morgan fingerprint density at radius 2 is 1.60 bits per heavy atom. The van der Waals surface area contributed by atoms with E-state index in [0.717, 1.165) is 0 Å². The molecule has 0 radical (unpaired) electrons. The van der Waals surface area contributed by atoms with E-state index in [2.05, 4.69) is 0 Å². The summed E-state index contributed by atoms with van der Waals surface area (Å²) >= 11 is 0. The Morgan fingerprint density at radius 3 is 1.60 bits per heavy atom. The molecule has 10 heavy (non-hydrogen) atoms. The van der Waals surface area contributed by atoms with Gasteiger partial charge in [0.05, 0.1) is 6.10 Å². The standard InChI is InChI=1S/C4H10O2.BH3O3/c1-4(6)2-3-5;2-1(3)4/h4-6H,2-3H2,1H3;2-4H. The zero-order valence-corrected chi connectivity index (χ0v) is 5.80. The van der Waals surface area contributed by atoms with Gasteiger partial charge in [-0.2, -0.15) is 0 Å². The fraction of sp³-hybridized carbons (Fsp3) is 1.00. The Kier molecular flexibility index (Phi) is 11.1. The minimum atomic E-state index is -2.17. The fourth-order valence-electron chi connectivity index (χ4n) is 0.187. The van der Waals surface area contributed by atoms with Crippen molar-refractivity contribution in [1.29, 1.82) is 0 Å². The third kappa shape index (κ3) is 45.2. The number of rotatable bonds is 2. The molecule has 0 spiro atoms. The van der Waals surface area contributed by atoms with Crippen LogP contribution in [0.1, 0.15) is 13.3 Å². The van der Waals surface area contributed by atoms with Crippen LogP contribution < -0.4 is 0 Å². The third-order valence-electron chi connectivity index (χ3n) is 0.547. The van der Waals surface area contributed by atoms with Gasteiger partial charge in [0, 0.05) is 6.61 Å². The zero-order chi connectivity index (χ0) is 8.57. The summed E-state index contributed by atoms with van der Waals surface area (Å²) in [5.74, 6) is 0. The molecule has 5 N–H and O–H groups in total. The second kappa shape index (κ2) is 8.86. The van der Waals surface area contributed by atoms with Crippen LogP contribution in [0.2, 0.25) is 0 Å². The first-order valence-corrected chi connectivity index (χ1v) is 2.83. The molecule has 0 aliphatic carbocycles. The third-order valence-corrected chi connectivity index (χ3v) is 0.547. The first-order chi connectivity index (χ1) is 4.50. The van der Waals surface area contributed by atoms with E-state index < -0.39 is 7.32 Å². The Morgan fingerprint density at radius 1 is 1.30 bits per heavy atom. The molecule has 0 saturated carbocycles. The average Bonchev–Trinajstić information content (AvgIpc) is 1.62. The van der Waals surface area contributed by atoms with Gasteiger partial charge in [-0.15, -0.1) is 0 Å². The molecule has 0 aromatic heterocycles. The maximum absolute atomic E-state index is 8.39. The Hall–Kier alpha value is -0.135. The van der Waals surface area contributed by atoms with Crippen LogP contribution in [-0.2, 0) is 0 Å². The molecule has 0 saturated heterocycles. The molecule has 0 aliphatic rings. The van der Waals surface area contributed by atoms with Crippen LogP contribution in [0.5, 0.6) is 0 Å². The Labute approximate surface area is 59.7 Å². The van der Waals surface area contributed by atoms with Crippen molar-refractivity contribution in [3.05, 3.63) is 0 Å². The summed E-state index contributed by atoms with van der Waals surface area (Å²) in [6.45, 7) is 1.73. The lowest BCUT2D eigenvalue weighted by Crippen LogP contribution is -2.07. The van der Waals surface area contributed by atoms with Crippen LogP contribution in [-0.4, -0.2) is 45.3 Å². The second-order valence-corrected chi connectivity index (χ2v) is 1.71. The molecule has 62 valence electrons.